The Morgan fingerprint density at radius 2 is 1.27 bits per heavy atom. The third kappa shape index (κ3) is 7.45. The third-order valence-electron chi connectivity index (χ3n) is 10.8. The molecule has 14 heteroatoms. The normalized spacial score (nSPS) is 18.0. The van der Waals surface area contributed by atoms with E-state index in [1.54, 1.807) is 4.90 Å². The van der Waals surface area contributed by atoms with Gasteiger partial charge >= 0.3 is 12.2 Å². The first-order chi connectivity index (χ1) is 26.4. The van der Waals surface area contributed by atoms with Crippen molar-refractivity contribution in [3.05, 3.63) is 72.4 Å². The van der Waals surface area contributed by atoms with Crippen LogP contribution >= 0.6 is 0 Å². The number of imidazole rings is 2. The molecule has 0 saturated carbocycles. The summed E-state index contributed by atoms with van der Waals surface area (Å²) in [6, 6.07) is 17.0. The van der Waals surface area contributed by atoms with Crippen LogP contribution in [-0.2, 0) is 19.1 Å². The zero-order valence-corrected chi connectivity index (χ0v) is 32.0. The van der Waals surface area contributed by atoms with Crippen molar-refractivity contribution in [2.45, 2.75) is 71.1 Å². The molecule has 14 nitrogen and oxygen atoms in total. The van der Waals surface area contributed by atoms with E-state index in [1.165, 1.54) is 14.2 Å². The predicted molar refractivity (Wildman–Crippen MR) is 208 cm³/mol. The minimum absolute atomic E-state index is 0.104. The number of methoxy groups -OCH3 is 2. The number of H-pyrrole nitrogens is 2. The molecule has 5 aromatic rings. The smallest absolute Gasteiger partial charge is 0.407 e. The highest BCUT2D eigenvalue weighted by atomic mass is 16.5. The Kier molecular flexibility index (Phi) is 10.5. The van der Waals surface area contributed by atoms with Crippen LogP contribution in [-0.4, -0.2) is 93.1 Å². The molecule has 2 fully saturated rings. The summed E-state index contributed by atoms with van der Waals surface area (Å²) in [6.07, 6.45) is 2.96. The van der Waals surface area contributed by atoms with E-state index in [0.717, 1.165) is 75.1 Å². The second-order valence-electron chi connectivity index (χ2n) is 15.1. The Labute approximate surface area is 319 Å². The summed E-state index contributed by atoms with van der Waals surface area (Å²) < 4.78 is 9.50. The second kappa shape index (κ2) is 15.4. The van der Waals surface area contributed by atoms with Gasteiger partial charge in [-0.15, -0.1) is 0 Å². The van der Waals surface area contributed by atoms with Crippen molar-refractivity contribution >= 4 is 45.8 Å². The molecule has 2 aliphatic heterocycles. The highest BCUT2D eigenvalue weighted by Crippen LogP contribution is 2.36. The second-order valence-corrected chi connectivity index (χ2v) is 15.1. The molecule has 2 aliphatic rings. The number of amides is 4. The molecule has 2 saturated heterocycles. The fourth-order valence-corrected chi connectivity index (χ4v) is 7.61. The van der Waals surface area contributed by atoms with Crippen LogP contribution in [0.4, 0.5) is 9.59 Å². The van der Waals surface area contributed by atoms with Crippen LogP contribution in [0.5, 0.6) is 0 Å². The molecule has 2 aromatic heterocycles. The topological polar surface area (TPSA) is 175 Å². The van der Waals surface area contributed by atoms with Crippen LogP contribution in [0, 0.1) is 11.8 Å². The molecule has 55 heavy (non-hydrogen) atoms. The average Bonchev–Trinajstić information content (AvgIpc) is 3.94. The maximum Gasteiger partial charge on any atom is 0.407 e. The number of carbonyl (C=O) groups is 4. The largest absolute Gasteiger partial charge is 0.453 e. The number of alkyl carbamates (subject to hydrolysis) is 2. The molecule has 0 aliphatic carbocycles. The Balaban J connectivity index is 1.06. The van der Waals surface area contributed by atoms with E-state index in [9.17, 15) is 19.2 Å². The number of nitrogens with zero attached hydrogens (tertiary/aromatic N) is 4. The molecule has 0 bridgehead atoms. The minimum atomic E-state index is -0.691. The Morgan fingerprint density at radius 1 is 0.709 bits per heavy atom. The molecule has 0 radical (unpaired) electrons. The van der Waals surface area contributed by atoms with Gasteiger partial charge in [0.25, 0.3) is 0 Å². The monoisotopic (exact) mass is 748 g/mol. The summed E-state index contributed by atoms with van der Waals surface area (Å²) in [7, 11) is 2.58. The molecule has 4 atom stereocenters. The van der Waals surface area contributed by atoms with Gasteiger partial charge in [0.05, 0.1) is 49.2 Å². The quantitative estimate of drug-likeness (QED) is 0.126. The van der Waals surface area contributed by atoms with E-state index < -0.39 is 24.3 Å². The van der Waals surface area contributed by atoms with Gasteiger partial charge < -0.3 is 39.9 Å². The van der Waals surface area contributed by atoms with Crippen molar-refractivity contribution in [1.29, 1.82) is 0 Å². The predicted octanol–water partition coefficient (Wildman–Crippen LogP) is 6.47. The first kappa shape index (κ1) is 37.4. The number of rotatable bonds is 10. The number of fused-ring (bicyclic) bond motifs is 2. The van der Waals surface area contributed by atoms with Crippen LogP contribution in [0.15, 0.2) is 60.8 Å². The lowest BCUT2D eigenvalue weighted by molar-refractivity contribution is -0.142. The van der Waals surface area contributed by atoms with Crippen molar-refractivity contribution in [3.8, 4) is 22.4 Å². The maximum atomic E-state index is 13.6. The number of hydrogen-bond acceptors (Lipinski definition) is 8. The molecule has 4 heterocycles. The number of nitrogens with one attached hydrogen (secondary N) is 4. The molecular formula is C41H48N8O6. The lowest BCUT2D eigenvalue weighted by atomic mass is 9.96. The molecule has 4 unspecified atom stereocenters. The summed E-state index contributed by atoms with van der Waals surface area (Å²) >= 11 is 0. The van der Waals surface area contributed by atoms with Crippen molar-refractivity contribution in [2.75, 3.05) is 27.3 Å². The molecule has 4 amide bonds. The number of aromatic nitrogens is 4. The van der Waals surface area contributed by atoms with Crippen molar-refractivity contribution in [1.82, 2.24) is 40.4 Å². The van der Waals surface area contributed by atoms with Gasteiger partial charge in [0.15, 0.2) is 0 Å². The summed E-state index contributed by atoms with van der Waals surface area (Å²) in [5.74, 6) is 0.945. The number of carbonyl (C=O) groups excluding carboxylic acids is 4. The van der Waals surface area contributed by atoms with Crippen LogP contribution in [0.3, 0.4) is 0 Å². The highest BCUT2D eigenvalue weighted by Gasteiger charge is 2.40. The zero-order chi connectivity index (χ0) is 39.0. The average molecular weight is 749 g/mol. The number of hydrogen-bond donors (Lipinski definition) is 4. The van der Waals surface area contributed by atoms with Crippen LogP contribution in [0.2, 0.25) is 0 Å². The molecule has 0 spiro atoms. The number of likely N-dealkylation sites (tertiary alicyclic amines) is 2. The SMILES string of the molecule is COC(=O)NC(C(=O)N1CCCC1c1ncc(-c2ccc3cc(-c4ccc5[nH]c(C6CCN6C(=O)C(NC(=O)OC)C(C)C)nc5c4)ccc3c2)[nH]1)C(C)C. The van der Waals surface area contributed by atoms with Crippen molar-refractivity contribution in [2.24, 2.45) is 11.8 Å². The number of ether oxygens (including phenoxy) is 2. The fourth-order valence-electron chi connectivity index (χ4n) is 7.61. The molecule has 7 rings (SSSR count). The van der Waals surface area contributed by atoms with E-state index in [1.807, 2.05) is 44.9 Å². The van der Waals surface area contributed by atoms with E-state index >= 15 is 0 Å². The van der Waals surface area contributed by atoms with Gasteiger partial charge in [-0.3, -0.25) is 9.59 Å². The lowest BCUT2D eigenvalue weighted by Gasteiger charge is -2.42. The lowest BCUT2D eigenvalue weighted by Crippen LogP contribution is -2.56. The van der Waals surface area contributed by atoms with Gasteiger partial charge in [0, 0.05) is 18.7 Å². The Bertz CT molecular complexity index is 2240. The molecule has 3 aromatic carbocycles. The summed E-state index contributed by atoms with van der Waals surface area (Å²) in [5.41, 5.74) is 5.62. The van der Waals surface area contributed by atoms with Gasteiger partial charge in [0.1, 0.15) is 23.7 Å². The van der Waals surface area contributed by atoms with Crippen LogP contribution in [0.25, 0.3) is 44.2 Å². The number of aromatic amines is 2. The van der Waals surface area contributed by atoms with Gasteiger partial charge in [-0.1, -0.05) is 58.0 Å². The maximum absolute atomic E-state index is 13.6. The van der Waals surface area contributed by atoms with Gasteiger partial charge in [0.2, 0.25) is 11.8 Å². The van der Waals surface area contributed by atoms with Crippen LogP contribution in [0.1, 0.15) is 70.7 Å². The molecule has 4 N–H and O–H groups in total. The van der Waals surface area contributed by atoms with E-state index in [4.69, 9.17) is 19.4 Å². The summed E-state index contributed by atoms with van der Waals surface area (Å²) in [4.78, 5) is 70.9. The molecular weight excluding hydrogens is 701 g/mol. The van der Waals surface area contributed by atoms with E-state index in [-0.39, 0.29) is 35.7 Å². The highest BCUT2D eigenvalue weighted by molar-refractivity contribution is 5.92. The van der Waals surface area contributed by atoms with E-state index in [0.29, 0.717) is 13.1 Å². The van der Waals surface area contributed by atoms with Gasteiger partial charge in [-0.25, -0.2) is 19.6 Å². The first-order valence-electron chi connectivity index (χ1n) is 18.8. The first-order valence-corrected chi connectivity index (χ1v) is 18.8. The fraction of sp³-hybridized carbons (Fsp3) is 0.415. The summed E-state index contributed by atoms with van der Waals surface area (Å²) in [5, 5.41) is 7.53. The standard InChI is InChI=1S/C41H48N8O6/c1-22(2)34(46-40(52)54-5)38(50)48-16-7-8-32(48)36-42-21-31(45-36)28-12-11-24-18-25(9-10-26(24)19-28)27-13-14-29-30(20-27)44-37(43-29)33-15-17-49(33)39(51)35(23(3)4)47-41(53)55-6/h9-14,18-23,32-35H,7-8,15-17H2,1-6H3,(H,42,45)(H,43,44)(H,46,52)(H,47,53). The zero-order valence-electron chi connectivity index (χ0n) is 32.0. The van der Waals surface area contributed by atoms with Crippen LogP contribution < -0.4 is 10.6 Å². The van der Waals surface area contributed by atoms with E-state index in [2.05, 4.69) is 69.1 Å². The molecule has 288 valence electrons. The summed E-state index contributed by atoms with van der Waals surface area (Å²) in [6.45, 7) is 8.77. The van der Waals surface area contributed by atoms with Gasteiger partial charge in [-0.05, 0) is 77.3 Å². The Hall–Kier alpha value is -5.92. The third-order valence-corrected chi connectivity index (χ3v) is 10.8. The van der Waals surface area contributed by atoms with Gasteiger partial charge in [-0.2, -0.15) is 0 Å². The minimum Gasteiger partial charge on any atom is -0.453 e. The Morgan fingerprint density at radius 3 is 1.87 bits per heavy atom. The van der Waals surface area contributed by atoms with Crippen molar-refractivity contribution in [3.63, 3.8) is 0 Å². The number of benzene rings is 3. The van der Waals surface area contributed by atoms with Crippen molar-refractivity contribution < 1.29 is 28.7 Å².